The molecule has 1 nitrogen and oxygen atoms in total. The number of nitrogens with one attached hydrogen (secondary N) is 1. The Labute approximate surface area is 64.4 Å². The van der Waals surface area contributed by atoms with Crippen molar-refractivity contribution < 1.29 is 0 Å². The molecule has 0 fully saturated rings. The van der Waals surface area contributed by atoms with Crippen LogP contribution in [0.5, 0.6) is 0 Å². The van der Waals surface area contributed by atoms with Gasteiger partial charge in [-0.2, -0.15) is 0 Å². The standard InChI is InChI=1S/C6H15N.Li/c1-3-5-7-6-4-2;/h7H,3-6H2,1-2H3;. The predicted octanol–water partition coefficient (Wildman–Crippen LogP) is 1.02. The third-order valence-corrected chi connectivity index (χ3v) is 0.854. The Morgan fingerprint density at radius 1 is 1.00 bits per heavy atom. The van der Waals surface area contributed by atoms with E-state index in [-0.39, 0.29) is 18.9 Å². The minimum atomic E-state index is 0. The minimum Gasteiger partial charge on any atom is -0.317 e. The first-order valence-corrected chi connectivity index (χ1v) is 3.12. The minimum absolute atomic E-state index is 0. The Morgan fingerprint density at radius 2 is 1.38 bits per heavy atom. The van der Waals surface area contributed by atoms with Crippen molar-refractivity contribution in [2.24, 2.45) is 0 Å². The van der Waals surface area contributed by atoms with Crippen LogP contribution in [0, 0.1) is 0 Å². The molecule has 1 N–H and O–H groups in total. The molecule has 0 saturated heterocycles. The summed E-state index contributed by atoms with van der Waals surface area (Å²) in [7, 11) is 0. The average Bonchev–Trinajstić information content (AvgIpc) is 1.69. The van der Waals surface area contributed by atoms with Gasteiger partial charge in [-0.25, -0.2) is 0 Å². The summed E-state index contributed by atoms with van der Waals surface area (Å²) in [6.45, 7) is 6.72. The van der Waals surface area contributed by atoms with Gasteiger partial charge in [-0.15, -0.1) is 0 Å². The van der Waals surface area contributed by atoms with Crippen molar-refractivity contribution in [3.05, 3.63) is 0 Å². The van der Waals surface area contributed by atoms with E-state index in [1.54, 1.807) is 0 Å². The zero-order valence-corrected chi connectivity index (χ0v) is 6.33. The molecule has 0 aliphatic heterocycles. The van der Waals surface area contributed by atoms with Crippen LogP contribution >= 0.6 is 0 Å². The van der Waals surface area contributed by atoms with Gasteiger partial charge in [0.2, 0.25) is 0 Å². The van der Waals surface area contributed by atoms with E-state index < -0.39 is 0 Å². The quantitative estimate of drug-likeness (QED) is 0.418. The van der Waals surface area contributed by atoms with Gasteiger partial charge in [0.05, 0.1) is 0 Å². The molecule has 0 saturated carbocycles. The molecule has 8 heavy (non-hydrogen) atoms. The first kappa shape index (κ1) is 11.4. The molecular formula is C6H15LiN. The summed E-state index contributed by atoms with van der Waals surface area (Å²) < 4.78 is 0. The number of hydrogen-bond donors (Lipinski definition) is 1. The summed E-state index contributed by atoms with van der Waals surface area (Å²) in [4.78, 5) is 0. The fraction of sp³-hybridized carbons (Fsp3) is 1.00. The molecule has 0 atom stereocenters. The summed E-state index contributed by atoms with van der Waals surface area (Å²) in [5.41, 5.74) is 0. The van der Waals surface area contributed by atoms with E-state index in [1.807, 2.05) is 0 Å². The van der Waals surface area contributed by atoms with E-state index in [4.69, 9.17) is 0 Å². The van der Waals surface area contributed by atoms with E-state index in [2.05, 4.69) is 19.2 Å². The molecule has 0 rings (SSSR count). The van der Waals surface area contributed by atoms with Crippen LogP contribution in [0.15, 0.2) is 0 Å². The van der Waals surface area contributed by atoms with Crippen molar-refractivity contribution in [3.8, 4) is 0 Å². The molecule has 0 aliphatic rings. The Bertz CT molecular complexity index is 27.7. The van der Waals surface area contributed by atoms with Gasteiger partial charge >= 0.3 is 0 Å². The molecule has 0 bridgehead atoms. The van der Waals surface area contributed by atoms with E-state index in [9.17, 15) is 0 Å². The fourth-order valence-electron chi connectivity index (χ4n) is 0.479. The maximum Gasteiger partial charge on any atom is 0 e. The van der Waals surface area contributed by atoms with E-state index in [0.29, 0.717) is 0 Å². The van der Waals surface area contributed by atoms with Crippen molar-refractivity contribution in [2.75, 3.05) is 13.1 Å². The summed E-state index contributed by atoms with van der Waals surface area (Å²) in [5, 5.41) is 3.28. The SMILES string of the molecule is CCCNCCC.[Li]. The Kier molecular flexibility index (Phi) is 14.9. The summed E-state index contributed by atoms with van der Waals surface area (Å²) in [5.74, 6) is 0. The van der Waals surface area contributed by atoms with Gasteiger partial charge in [-0.3, -0.25) is 0 Å². The van der Waals surface area contributed by atoms with Crippen LogP contribution in [0.2, 0.25) is 0 Å². The van der Waals surface area contributed by atoms with Gasteiger partial charge in [0.25, 0.3) is 0 Å². The van der Waals surface area contributed by atoms with Crippen LogP contribution in [0.3, 0.4) is 0 Å². The largest absolute Gasteiger partial charge is 0.317 e. The van der Waals surface area contributed by atoms with Crippen molar-refractivity contribution >= 4 is 18.9 Å². The molecule has 0 heterocycles. The first-order chi connectivity index (χ1) is 3.41. The van der Waals surface area contributed by atoms with Crippen LogP contribution < -0.4 is 5.32 Å². The Balaban J connectivity index is 0. The molecule has 2 heteroatoms. The van der Waals surface area contributed by atoms with Crippen LogP contribution in [0.1, 0.15) is 26.7 Å². The van der Waals surface area contributed by atoms with Crippen LogP contribution in [-0.4, -0.2) is 32.0 Å². The third-order valence-electron chi connectivity index (χ3n) is 0.854. The van der Waals surface area contributed by atoms with E-state index in [0.717, 1.165) is 0 Å². The van der Waals surface area contributed by atoms with Crippen LogP contribution in [0.4, 0.5) is 0 Å². The number of hydrogen-bond acceptors (Lipinski definition) is 1. The number of rotatable bonds is 4. The molecule has 0 unspecified atom stereocenters. The van der Waals surface area contributed by atoms with Gasteiger partial charge in [-0.1, -0.05) is 13.8 Å². The van der Waals surface area contributed by atoms with Crippen LogP contribution in [-0.2, 0) is 0 Å². The molecule has 0 aromatic heterocycles. The molecule has 0 aliphatic carbocycles. The summed E-state index contributed by atoms with van der Waals surface area (Å²) >= 11 is 0. The van der Waals surface area contributed by atoms with Gasteiger partial charge in [0.15, 0.2) is 0 Å². The normalized spacial score (nSPS) is 8.25. The molecule has 0 aromatic carbocycles. The van der Waals surface area contributed by atoms with E-state index in [1.165, 1.54) is 25.9 Å². The second-order valence-corrected chi connectivity index (χ2v) is 1.75. The van der Waals surface area contributed by atoms with Gasteiger partial charge < -0.3 is 5.32 Å². The Morgan fingerprint density at radius 3 is 1.62 bits per heavy atom. The van der Waals surface area contributed by atoms with Crippen LogP contribution in [0.25, 0.3) is 0 Å². The maximum atomic E-state index is 3.28. The zero-order valence-electron chi connectivity index (χ0n) is 6.33. The fourth-order valence-corrected chi connectivity index (χ4v) is 0.479. The van der Waals surface area contributed by atoms with Gasteiger partial charge in [-0.05, 0) is 25.9 Å². The second-order valence-electron chi connectivity index (χ2n) is 1.75. The molecular weight excluding hydrogens is 93.0 g/mol. The molecule has 45 valence electrons. The van der Waals surface area contributed by atoms with Crippen molar-refractivity contribution in [1.82, 2.24) is 5.32 Å². The molecule has 0 spiro atoms. The molecule has 0 aromatic rings. The molecule has 0 amide bonds. The third kappa shape index (κ3) is 9.75. The first-order valence-electron chi connectivity index (χ1n) is 3.12. The van der Waals surface area contributed by atoms with E-state index >= 15 is 0 Å². The predicted molar refractivity (Wildman–Crippen MR) is 39.2 cm³/mol. The topological polar surface area (TPSA) is 12.0 Å². The van der Waals surface area contributed by atoms with Gasteiger partial charge in [0.1, 0.15) is 0 Å². The average molecular weight is 108 g/mol. The maximum absolute atomic E-state index is 3.28. The van der Waals surface area contributed by atoms with Crippen molar-refractivity contribution in [2.45, 2.75) is 26.7 Å². The Hall–Kier alpha value is 0.557. The summed E-state index contributed by atoms with van der Waals surface area (Å²) in [6, 6.07) is 0. The smallest absolute Gasteiger partial charge is 0 e. The van der Waals surface area contributed by atoms with Gasteiger partial charge in [0, 0.05) is 18.9 Å². The second kappa shape index (κ2) is 10.5. The molecule has 1 radical (unpaired) electrons. The summed E-state index contributed by atoms with van der Waals surface area (Å²) in [6.07, 6.45) is 2.50. The monoisotopic (exact) mass is 108 g/mol. The van der Waals surface area contributed by atoms with Crippen molar-refractivity contribution in [1.29, 1.82) is 0 Å². The zero-order chi connectivity index (χ0) is 5.54. The van der Waals surface area contributed by atoms with Crippen molar-refractivity contribution in [3.63, 3.8) is 0 Å².